The van der Waals surface area contributed by atoms with Crippen molar-refractivity contribution in [3.63, 3.8) is 0 Å². The molecule has 1 aliphatic carbocycles. The van der Waals surface area contributed by atoms with Crippen LogP contribution in [-0.2, 0) is 9.53 Å². The van der Waals surface area contributed by atoms with E-state index < -0.39 is 0 Å². The summed E-state index contributed by atoms with van der Waals surface area (Å²) in [5.41, 5.74) is 0.122. The summed E-state index contributed by atoms with van der Waals surface area (Å²) in [5.74, 6) is 1.03. The quantitative estimate of drug-likeness (QED) is 0.632. The van der Waals surface area contributed by atoms with Gasteiger partial charge in [-0.3, -0.25) is 4.79 Å². The number of ketones is 1. The molecule has 0 radical (unpaired) electrons. The maximum atomic E-state index is 11.3. The highest BCUT2D eigenvalue weighted by molar-refractivity contribution is 5.91. The maximum Gasteiger partial charge on any atom is 0.159 e. The molecule has 0 N–H and O–H groups in total. The van der Waals surface area contributed by atoms with Gasteiger partial charge in [0.15, 0.2) is 5.78 Å². The standard InChI is InChI=1S/C10H16O2/c1-4-10(2)6-8(11)5-9(7-10)12-3/h5H,4,6-7H2,1-3H3. The lowest BCUT2D eigenvalue weighted by Crippen LogP contribution is -2.24. The van der Waals surface area contributed by atoms with Crippen molar-refractivity contribution in [3.05, 3.63) is 11.8 Å². The highest BCUT2D eigenvalue weighted by Gasteiger charge is 2.30. The monoisotopic (exact) mass is 168 g/mol. The molecular weight excluding hydrogens is 152 g/mol. The van der Waals surface area contributed by atoms with Gasteiger partial charge in [-0.05, 0) is 11.8 Å². The summed E-state index contributed by atoms with van der Waals surface area (Å²) in [7, 11) is 1.63. The van der Waals surface area contributed by atoms with E-state index in [1.807, 2.05) is 0 Å². The van der Waals surface area contributed by atoms with Crippen molar-refractivity contribution in [2.24, 2.45) is 5.41 Å². The minimum Gasteiger partial charge on any atom is -0.501 e. The normalized spacial score (nSPS) is 29.9. The molecule has 0 fully saturated rings. The van der Waals surface area contributed by atoms with Gasteiger partial charge in [-0.2, -0.15) is 0 Å². The molecule has 1 unspecified atom stereocenters. The lowest BCUT2D eigenvalue weighted by Gasteiger charge is -2.30. The van der Waals surface area contributed by atoms with Gasteiger partial charge in [0, 0.05) is 18.9 Å². The van der Waals surface area contributed by atoms with Crippen molar-refractivity contribution in [2.75, 3.05) is 7.11 Å². The van der Waals surface area contributed by atoms with Crippen molar-refractivity contribution >= 4 is 5.78 Å². The first kappa shape index (κ1) is 9.30. The molecule has 68 valence electrons. The number of methoxy groups -OCH3 is 1. The molecule has 1 rings (SSSR count). The Kier molecular flexibility index (Phi) is 2.55. The van der Waals surface area contributed by atoms with Gasteiger partial charge in [0.25, 0.3) is 0 Å². The third kappa shape index (κ3) is 1.87. The van der Waals surface area contributed by atoms with Crippen molar-refractivity contribution in [1.29, 1.82) is 0 Å². The summed E-state index contributed by atoms with van der Waals surface area (Å²) in [5, 5.41) is 0. The van der Waals surface area contributed by atoms with Gasteiger partial charge in [0.05, 0.1) is 12.9 Å². The van der Waals surface area contributed by atoms with Crippen LogP contribution < -0.4 is 0 Å². The summed E-state index contributed by atoms with van der Waals surface area (Å²) >= 11 is 0. The molecule has 1 atom stereocenters. The van der Waals surface area contributed by atoms with Crippen LogP contribution in [0.4, 0.5) is 0 Å². The summed E-state index contributed by atoms with van der Waals surface area (Å²) in [6.45, 7) is 4.25. The van der Waals surface area contributed by atoms with Gasteiger partial charge in [-0.15, -0.1) is 0 Å². The minimum absolute atomic E-state index is 0.122. The minimum atomic E-state index is 0.122. The highest BCUT2D eigenvalue weighted by atomic mass is 16.5. The van der Waals surface area contributed by atoms with Crippen LogP contribution in [0.5, 0.6) is 0 Å². The van der Waals surface area contributed by atoms with Gasteiger partial charge in [0.2, 0.25) is 0 Å². The highest BCUT2D eigenvalue weighted by Crippen LogP contribution is 2.37. The zero-order valence-electron chi connectivity index (χ0n) is 8.02. The number of hydrogen-bond acceptors (Lipinski definition) is 2. The zero-order chi connectivity index (χ0) is 9.19. The van der Waals surface area contributed by atoms with Crippen LogP contribution in [0.1, 0.15) is 33.1 Å². The fourth-order valence-electron chi connectivity index (χ4n) is 1.57. The van der Waals surface area contributed by atoms with Crippen molar-refractivity contribution in [2.45, 2.75) is 33.1 Å². The van der Waals surface area contributed by atoms with E-state index in [-0.39, 0.29) is 11.2 Å². The number of carbonyl (C=O) groups excluding carboxylic acids is 1. The summed E-state index contributed by atoms with van der Waals surface area (Å²) in [6.07, 6.45) is 4.21. The van der Waals surface area contributed by atoms with Crippen LogP contribution in [0.15, 0.2) is 11.8 Å². The second kappa shape index (κ2) is 3.30. The molecule has 0 aromatic heterocycles. The third-order valence-corrected chi connectivity index (χ3v) is 2.64. The summed E-state index contributed by atoms with van der Waals surface area (Å²) < 4.78 is 5.10. The predicted molar refractivity (Wildman–Crippen MR) is 47.7 cm³/mol. The Morgan fingerprint density at radius 3 is 2.75 bits per heavy atom. The van der Waals surface area contributed by atoms with E-state index in [0.29, 0.717) is 6.42 Å². The van der Waals surface area contributed by atoms with Crippen LogP contribution in [0.3, 0.4) is 0 Å². The molecule has 0 aromatic rings. The Balaban J connectivity index is 2.79. The first-order valence-corrected chi connectivity index (χ1v) is 4.37. The lowest BCUT2D eigenvalue weighted by atomic mass is 9.76. The fraction of sp³-hybridized carbons (Fsp3) is 0.700. The molecular formula is C10H16O2. The van der Waals surface area contributed by atoms with E-state index in [4.69, 9.17) is 4.74 Å². The number of rotatable bonds is 2. The predicted octanol–water partition coefficient (Wildman–Crippen LogP) is 2.30. The maximum absolute atomic E-state index is 11.3. The number of allylic oxidation sites excluding steroid dienone is 2. The van der Waals surface area contributed by atoms with Crippen LogP contribution >= 0.6 is 0 Å². The van der Waals surface area contributed by atoms with E-state index in [1.54, 1.807) is 13.2 Å². The molecule has 0 heterocycles. The SMILES string of the molecule is CCC1(C)CC(=O)C=C(OC)C1. The van der Waals surface area contributed by atoms with Crippen LogP contribution in [0, 0.1) is 5.41 Å². The molecule has 12 heavy (non-hydrogen) atoms. The van der Waals surface area contributed by atoms with E-state index in [9.17, 15) is 4.79 Å². The molecule has 0 aliphatic heterocycles. The van der Waals surface area contributed by atoms with Crippen molar-refractivity contribution in [3.8, 4) is 0 Å². The van der Waals surface area contributed by atoms with Crippen molar-refractivity contribution < 1.29 is 9.53 Å². The van der Waals surface area contributed by atoms with Crippen LogP contribution in [0.25, 0.3) is 0 Å². The topological polar surface area (TPSA) is 26.3 Å². The summed E-state index contributed by atoms with van der Waals surface area (Å²) in [4.78, 5) is 11.3. The Morgan fingerprint density at radius 2 is 2.25 bits per heavy atom. The smallest absolute Gasteiger partial charge is 0.159 e. The average Bonchev–Trinajstić information content (AvgIpc) is 2.03. The van der Waals surface area contributed by atoms with Crippen molar-refractivity contribution in [1.82, 2.24) is 0 Å². The molecule has 0 bridgehead atoms. The van der Waals surface area contributed by atoms with Gasteiger partial charge in [-0.1, -0.05) is 13.8 Å². The Labute approximate surface area is 73.6 Å². The molecule has 2 heteroatoms. The van der Waals surface area contributed by atoms with E-state index >= 15 is 0 Å². The third-order valence-electron chi connectivity index (χ3n) is 2.64. The first-order valence-electron chi connectivity index (χ1n) is 4.37. The Morgan fingerprint density at radius 1 is 1.58 bits per heavy atom. The van der Waals surface area contributed by atoms with E-state index in [1.165, 1.54) is 0 Å². The largest absolute Gasteiger partial charge is 0.501 e. The second-order valence-corrected chi connectivity index (χ2v) is 3.80. The van der Waals surface area contributed by atoms with Gasteiger partial charge in [-0.25, -0.2) is 0 Å². The Hall–Kier alpha value is -0.790. The molecule has 2 nitrogen and oxygen atoms in total. The molecule has 0 saturated carbocycles. The molecule has 0 spiro atoms. The average molecular weight is 168 g/mol. The van der Waals surface area contributed by atoms with E-state index in [0.717, 1.165) is 18.6 Å². The van der Waals surface area contributed by atoms with Gasteiger partial charge in [0.1, 0.15) is 0 Å². The Bertz CT molecular complexity index is 218. The van der Waals surface area contributed by atoms with Crippen LogP contribution in [-0.4, -0.2) is 12.9 Å². The second-order valence-electron chi connectivity index (χ2n) is 3.80. The molecule has 0 aromatic carbocycles. The lowest BCUT2D eigenvalue weighted by molar-refractivity contribution is -0.117. The number of carbonyl (C=O) groups is 1. The number of hydrogen-bond donors (Lipinski definition) is 0. The summed E-state index contributed by atoms with van der Waals surface area (Å²) in [6, 6.07) is 0. The number of ether oxygens (including phenoxy) is 1. The molecule has 0 amide bonds. The zero-order valence-corrected chi connectivity index (χ0v) is 8.02. The van der Waals surface area contributed by atoms with Gasteiger partial charge >= 0.3 is 0 Å². The molecule has 1 aliphatic rings. The van der Waals surface area contributed by atoms with E-state index in [2.05, 4.69) is 13.8 Å². The first-order chi connectivity index (χ1) is 5.59. The fourth-order valence-corrected chi connectivity index (χ4v) is 1.57. The van der Waals surface area contributed by atoms with Crippen LogP contribution in [0.2, 0.25) is 0 Å². The molecule has 0 saturated heterocycles. The van der Waals surface area contributed by atoms with Gasteiger partial charge < -0.3 is 4.74 Å².